The summed E-state index contributed by atoms with van der Waals surface area (Å²) < 4.78 is 16.0. The van der Waals surface area contributed by atoms with Crippen molar-refractivity contribution in [1.82, 2.24) is 15.1 Å². The predicted molar refractivity (Wildman–Crippen MR) is 117 cm³/mol. The van der Waals surface area contributed by atoms with Crippen LogP contribution in [0.3, 0.4) is 0 Å². The highest BCUT2D eigenvalue weighted by atomic mass is 16.7. The van der Waals surface area contributed by atoms with Gasteiger partial charge in [-0.25, -0.2) is 5.01 Å². The minimum absolute atomic E-state index is 0.140. The van der Waals surface area contributed by atoms with Crippen molar-refractivity contribution in [3.05, 3.63) is 53.9 Å². The summed E-state index contributed by atoms with van der Waals surface area (Å²) in [6.07, 6.45) is 0.440. The van der Waals surface area contributed by atoms with Crippen molar-refractivity contribution in [3.63, 3.8) is 0 Å². The lowest BCUT2D eigenvalue weighted by Crippen LogP contribution is -2.38. The Hall–Kier alpha value is -4.74. The van der Waals surface area contributed by atoms with E-state index in [4.69, 9.17) is 19.7 Å². The Morgan fingerprint density at radius 2 is 1.85 bits per heavy atom. The number of nitrogens with one attached hydrogen (secondary N) is 1. The Morgan fingerprint density at radius 1 is 1.06 bits per heavy atom. The molecule has 0 atom stereocenters. The average Bonchev–Trinajstić information content (AvgIpc) is 3.50. The summed E-state index contributed by atoms with van der Waals surface area (Å²) in [6, 6.07) is 11.4. The molecule has 0 bridgehead atoms. The van der Waals surface area contributed by atoms with Gasteiger partial charge >= 0.3 is 0 Å². The molecule has 12 heteroatoms. The van der Waals surface area contributed by atoms with Crippen LogP contribution in [0.25, 0.3) is 11.4 Å². The number of amides is 3. The van der Waals surface area contributed by atoms with Crippen LogP contribution in [0.15, 0.2) is 52.1 Å². The van der Waals surface area contributed by atoms with Crippen LogP contribution in [0, 0.1) is 0 Å². The zero-order valence-electron chi connectivity index (χ0n) is 17.7. The Bertz CT molecular complexity index is 1320. The first-order valence-corrected chi connectivity index (χ1v) is 10.3. The molecule has 5 rings (SSSR count). The normalized spacial score (nSPS) is 14.6. The molecule has 3 amide bonds. The number of aromatic nitrogens is 2. The maximum atomic E-state index is 12.4. The minimum atomic E-state index is -0.568. The molecule has 2 aliphatic heterocycles. The molecule has 0 aliphatic carbocycles. The van der Waals surface area contributed by atoms with E-state index in [9.17, 15) is 14.4 Å². The molecular formula is C22H18N6O6. The number of carbonyl (C=O) groups is 3. The number of benzene rings is 2. The Kier molecular flexibility index (Phi) is 5.38. The second-order valence-electron chi connectivity index (χ2n) is 7.48. The van der Waals surface area contributed by atoms with Gasteiger partial charge in [-0.1, -0.05) is 5.16 Å². The summed E-state index contributed by atoms with van der Waals surface area (Å²) >= 11 is 0. The number of fused-ring (bicyclic) bond motifs is 1. The van der Waals surface area contributed by atoms with Crippen molar-refractivity contribution in [3.8, 4) is 22.9 Å². The molecule has 0 spiro atoms. The number of rotatable bonds is 6. The molecule has 0 radical (unpaired) electrons. The molecule has 0 saturated carbocycles. The van der Waals surface area contributed by atoms with Crippen LogP contribution >= 0.6 is 0 Å². The van der Waals surface area contributed by atoms with Crippen LogP contribution in [0.2, 0.25) is 0 Å². The van der Waals surface area contributed by atoms with Crippen LogP contribution in [-0.2, 0) is 9.59 Å². The van der Waals surface area contributed by atoms with Gasteiger partial charge in [0.1, 0.15) is 12.3 Å². The number of hydrogen-bond donors (Lipinski definition) is 2. The van der Waals surface area contributed by atoms with Gasteiger partial charge in [0.15, 0.2) is 11.5 Å². The van der Waals surface area contributed by atoms with E-state index in [1.54, 1.807) is 30.3 Å². The lowest BCUT2D eigenvalue weighted by atomic mass is 10.1. The van der Waals surface area contributed by atoms with Gasteiger partial charge in [0.2, 0.25) is 30.3 Å². The molecule has 0 unspecified atom stereocenters. The molecule has 0 saturated heterocycles. The Labute approximate surface area is 192 Å². The molecule has 2 aromatic carbocycles. The number of nitrogens with zero attached hydrogens (tertiary/aromatic N) is 4. The number of primary amides is 1. The molecule has 3 aromatic rings. The maximum Gasteiger partial charge on any atom is 0.274 e. The number of carbonyl (C=O) groups excluding carboxylic acids is 3. The number of hydrogen-bond acceptors (Lipinski definition) is 9. The summed E-state index contributed by atoms with van der Waals surface area (Å²) in [5.41, 5.74) is 7.05. The lowest BCUT2D eigenvalue weighted by Gasteiger charge is -2.21. The topological polar surface area (TPSA) is 162 Å². The van der Waals surface area contributed by atoms with E-state index < -0.39 is 11.8 Å². The highest BCUT2D eigenvalue weighted by molar-refractivity contribution is 6.02. The summed E-state index contributed by atoms with van der Waals surface area (Å²) in [5.74, 6) is 0.382. The molecule has 12 nitrogen and oxygen atoms in total. The Morgan fingerprint density at radius 3 is 2.65 bits per heavy atom. The summed E-state index contributed by atoms with van der Waals surface area (Å²) in [7, 11) is 0. The molecular weight excluding hydrogens is 444 g/mol. The highest BCUT2D eigenvalue weighted by Crippen LogP contribution is 2.35. The third kappa shape index (κ3) is 4.28. The number of ether oxygens (including phenoxy) is 2. The summed E-state index contributed by atoms with van der Waals surface area (Å²) in [5, 5.41) is 12.0. The van der Waals surface area contributed by atoms with Crippen molar-refractivity contribution in [1.29, 1.82) is 0 Å². The first-order valence-electron chi connectivity index (χ1n) is 10.3. The van der Waals surface area contributed by atoms with E-state index >= 15 is 0 Å². The standard InChI is InChI=1S/C22H18N6O6/c23-20(31)12-1-4-14(5-2-12)24-18(29)10-28-19(30)8-6-15(26-28)22-25-21(27-34-22)13-3-7-16-17(9-13)33-11-32-16/h1-5,7,9H,6,8,10-11H2,(H2,23,31)(H,24,29). The van der Waals surface area contributed by atoms with Gasteiger partial charge in [0, 0.05) is 29.7 Å². The SMILES string of the molecule is NC(=O)c1ccc(NC(=O)CN2N=C(c3nc(-c4ccc5c(c4)OCO5)no3)CCC2=O)cc1. The fourth-order valence-corrected chi connectivity index (χ4v) is 3.43. The molecule has 34 heavy (non-hydrogen) atoms. The smallest absolute Gasteiger partial charge is 0.274 e. The predicted octanol–water partition coefficient (Wildman–Crippen LogP) is 1.53. The van der Waals surface area contributed by atoms with Crippen molar-refractivity contribution in [2.45, 2.75) is 12.8 Å². The third-order valence-corrected chi connectivity index (χ3v) is 5.16. The van der Waals surface area contributed by atoms with Gasteiger partial charge in [-0.15, -0.1) is 0 Å². The van der Waals surface area contributed by atoms with E-state index in [0.717, 1.165) is 5.01 Å². The number of hydrazone groups is 1. The number of anilines is 1. The van der Waals surface area contributed by atoms with Crippen LogP contribution in [0.4, 0.5) is 5.69 Å². The van der Waals surface area contributed by atoms with E-state index in [-0.39, 0.29) is 31.6 Å². The van der Waals surface area contributed by atoms with Crippen LogP contribution in [0.1, 0.15) is 29.1 Å². The third-order valence-electron chi connectivity index (χ3n) is 5.16. The van der Waals surface area contributed by atoms with Crippen LogP contribution in [-0.4, -0.2) is 51.9 Å². The Balaban J connectivity index is 1.28. The largest absolute Gasteiger partial charge is 0.454 e. The lowest BCUT2D eigenvalue weighted by molar-refractivity contribution is -0.135. The first kappa shape index (κ1) is 21.1. The zero-order valence-corrected chi connectivity index (χ0v) is 17.7. The minimum Gasteiger partial charge on any atom is -0.454 e. The van der Waals surface area contributed by atoms with Crippen molar-refractivity contribution < 1.29 is 28.4 Å². The molecule has 1 aromatic heterocycles. The fourth-order valence-electron chi connectivity index (χ4n) is 3.43. The fraction of sp³-hybridized carbons (Fsp3) is 0.182. The van der Waals surface area contributed by atoms with E-state index in [0.29, 0.717) is 46.3 Å². The second-order valence-corrected chi connectivity index (χ2v) is 7.48. The molecule has 3 heterocycles. The van der Waals surface area contributed by atoms with Gasteiger partial charge in [-0.05, 0) is 42.5 Å². The van der Waals surface area contributed by atoms with E-state index in [2.05, 4.69) is 20.6 Å². The van der Waals surface area contributed by atoms with E-state index in [1.165, 1.54) is 12.1 Å². The molecule has 172 valence electrons. The van der Waals surface area contributed by atoms with Gasteiger partial charge < -0.3 is 25.0 Å². The average molecular weight is 462 g/mol. The second kappa shape index (κ2) is 8.65. The molecule has 0 fully saturated rings. The first-order chi connectivity index (χ1) is 16.5. The zero-order chi connectivity index (χ0) is 23.7. The summed E-state index contributed by atoms with van der Waals surface area (Å²) in [4.78, 5) is 40.3. The van der Waals surface area contributed by atoms with Gasteiger partial charge in [0.05, 0.1) is 0 Å². The molecule has 3 N–H and O–H groups in total. The van der Waals surface area contributed by atoms with Gasteiger partial charge in [-0.3, -0.25) is 14.4 Å². The van der Waals surface area contributed by atoms with Crippen LogP contribution in [0.5, 0.6) is 11.5 Å². The quantitative estimate of drug-likeness (QED) is 0.557. The monoisotopic (exact) mass is 462 g/mol. The maximum absolute atomic E-state index is 12.4. The van der Waals surface area contributed by atoms with E-state index in [1.807, 2.05) is 0 Å². The van der Waals surface area contributed by atoms with Crippen molar-refractivity contribution in [2.24, 2.45) is 10.8 Å². The van der Waals surface area contributed by atoms with Gasteiger partial charge in [0.25, 0.3) is 5.89 Å². The van der Waals surface area contributed by atoms with Crippen molar-refractivity contribution >= 4 is 29.1 Å². The van der Waals surface area contributed by atoms with Crippen LogP contribution < -0.4 is 20.5 Å². The number of nitrogens with two attached hydrogens (primary N) is 1. The van der Waals surface area contributed by atoms with Crippen molar-refractivity contribution in [2.75, 3.05) is 18.7 Å². The van der Waals surface area contributed by atoms with Gasteiger partial charge in [-0.2, -0.15) is 10.1 Å². The summed E-state index contributed by atoms with van der Waals surface area (Å²) in [6.45, 7) is -0.147. The molecule has 2 aliphatic rings. The highest BCUT2D eigenvalue weighted by Gasteiger charge is 2.27.